The summed E-state index contributed by atoms with van der Waals surface area (Å²) in [6.45, 7) is 2.38. The number of amides is 1. The lowest BCUT2D eigenvalue weighted by molar-refractivity contribution is -0.134. The molecule has 3 aromatic rings. The number of benzene rings is 2. The highest BCUT2D eigenvalue weighted by atomic mass is 79.9. The van der Waals surface area contributed by atoms with Gasteiger partial charge in [-0.15, -0.1) is 0 Å². The molecule has 5 rings (SSSR count). The summed E-state index contributed by atoms with van der Waals surface area (Å²) in [5.74, 6) is 0.827. The van der Waals surface area contributed by atoms with Crippen LogP contribution < -0.4 is 0 Å². The fourth-order valence-electron chi connectivity index (χ4n) is 4.28. The molecule has 1 amide bonds. The largest absolute Gasteiger partial charge is 0.340 e. The summed E-state index contributed by atoms with van der Waals surface area (Å²) < 4.78 is 1.02. The Morgan fingerprint density at radius 1 is 1.07 bits per heavy atom. The normalized spacial score (nSPS) is 20.0. The van der Waals surface area contributed by atoms with Gasteiger partial charge in [-0.05, 0) is 55.8 Å². The first-order valence-electron chi connectivity index (χ1n) is 10.5. The highest BCUT2D eigenvalue weighted by molar-refractivity contribution is 9.10. The van der Waals surface area contributed by atoms with Gasteiger partial charge < -0.3 is 4.98 Å². The van der Waals surface area contributed by atoms with Gasteiger partial charge in [0.05, 0.1) is 23.3 Å². The predicted octanol–water partition coefficient (Wildman–Crippen LogP) is 4.49. The van der Waals surface area contributed by atoms with E-state index < -0.39 is 0 Å². The minimum atomic E-state index is -0.215. The van der Waals surface area contributed by atoms with Crippen molar-refractivity contribution in [3.8, 4) is 0 Å². The minimum Gasteiger partial charge on any atom is -0.340 e. The van der Waals surface area contributed by atoms with Crippen molar-refractivity contribution in [2.45, 2.75) is 31.7 Å². The number of hydrogen-bond donors (Lipinski definition) is 1. The second-order valence-electron chi connectivity index (χ2n) is 7.99. The van der Waals surface area contributed by atoms with E-state index in [2.05, 4.69) is 25.8 Å². The van der Waals surface area contributed by atoms with Crippen LogP contribution in [0.25, 0.3) is 11.0 Å². The van der Waals surface area contributed by atoms with Gasteiger partial charge in [0.15, 0.2) is 0 Å². The van der Waals surface area contributed by atoms with Crippen LogP contribution in [-0.4, -0.2) is 51.1 Å². The van der Waals surface area contributed by atoms with Crippen LogP contribution in [0.3, 0.4) is 0 Å². The molecule has 0 aliphatic carbocycles. The number of imidazole rings is 1. The quantitative estimate of drug-likeness (QED) is 0.617. The lowest BCUT2D eigenvalue weighted by Gasteiger charge is -2.28. The lowest BCUT2D eigenvalue weighted by atomic mass is 10.0. The Bertz CT molecular complexity index is 1050. The maximum Gasteiger partial charge on any atom is 0.257 e. The summed E-state index contributed by atoms with van der Waals surface area (Å²) in [6.07, 6.45) is 4.22. The molecule has 1 fully saturated rings. The van der Waals surface area contributed by atoms with Crippen LogP contribution in [0.4, 0.5) is 0 Å². The van der Waals surface area contributed by atoms with Gasteiger partial charge in [-0.3, -0.25) is 9.69 Å². The highest BCUT2D eigenvalue weighted by Crippen LogP contribution is 2.33. The van der Waals surface area contributed by atoms with Gasteiger partial charge in [-0.25, -0.2) is 9.99 Å². The number of likely N-dealkylation sites (tertiary alicyclic amines) is 1. The summed E-state index contributed by atoms with van der Waals surface area (Å²) in [5, 5.41) is 6.44. The van der Waals surface area contributed by atoms with E-state index in [0.717, 1.165) is 58.5 Å². The van der Waals surface area contributed by atoms with Crippen molar-refractivity contribution in [1.29, 1.82) is 0 Å². The number of H-pyrrole nitrogens is 1. The molecular weight excluding hydrogens is 442 g/mol. The van der Waals surface area contributed by atoms with Crippen molar-refractivity contribution in [3.05, 3.63) is 64.4 Å². The Hall–Kier alpha value is -2.51. The van der Waals surface area contributed by atoms with Gasteiger partial charge >= 0.3 is 0 Å². The zero-order chi connectivity index (χ0) is 20.5. The first-order valence-corrected chi connectivity index (χ1v) is 11.3. The summed E-state index contributed by atoms with van der Waals surface area (Å²) in [4.78, 5) is 23.7. The molecule has 0 radical (unpaired) electrons. The van der Waals surface area contributed by atoms with E-state index in [9.17, 15) is 4.79 Å². The third-order valence-electron chi connectivity index (χ3n) is 5.87. The summed E-state index contributed by atoms with van der Waals surface area (Å²) >= 11 is 3.49. The third-order valence-corrected chi connectivity index (χ3v) is 6.40. The number of rotatable bonds is 4. The average molecular weight is 466 g/mol. The second-order valence-corrected chi connectivity index (χ2v) is 8.90. The highest BCUT2D eigenvalue weighted by Gasteiger charge is 2.35. The summed E-state index contributed by atoms with van der Waals surface area (Å²) in [6, 6.07) is 15.8. The van der Waals surface area contributed by atoms with Crippen molar-refractivity contribution >= 4 is 38.6 Å². The minimum absolute atomic E-state index is 0.0365. The number of halogens is 1. The Balaban J connectivity index is 1.45. The number of nitrogens with zero attached hydrogens (tertiary/aromatic N) is 4. The van der Waals surface area contributed by atoms with Crippen molar-refractivity contribution in [2.75, 3.05) is 19.6 Å². The molecule has 0 spiro atoms. The lowest BCUT2D eigenvalue weighted by Crippen LogP contribution is -2.40. The van der Waals surface area contributed by atoms with Crippen LogP contribution in [0.2, 0.25) is 0 Å². The van der Waals surface area contributed by atoms with Gasteiger partial charge in [0.2, 0.25) is 0 Å². The fourth-order valence-corrected chi connectivity index (χ4v) is 4.55. The van der Waals surface area contributed by atoms with E-state index >= 15 is 0 Å². The first-order chi connectivity index (χ1) is 14.7. The molecule has 1 saturated heterocycles. The molecule has 0 saturated carbocycles. The average Bonchev–Trinajstić information content (AvgIpc) is 3.39. The molecule has 7 heteroatoms. The van der Waals surface area contributed by atoms with E-state index in [1.165, 1.54) is 6.42 Å². The van der Waals surface area contributed by atoms with Crippen molar-refractivity contribution < 1.29 is 4.79 Å². The number of carbonyl (C=O) groups is 1. The zero-order valence-corrected chi connectivity index (χ0v) is 18.3. The monoisotopic (exact) mass is 465 g/mol. The van der Waals surface area contributed by atoms with Crippen molar-refractivity contribution in [3.63, 3.8) is 0 Å². The van der Waals surface area contributed by atoms with Gasteiger partial charge in [0.1, 0.15) is 11.9 Å². The van der Waals surface area contributed by atoms with E-state index in [0.29, 0.717) is 13.0 Å². The molecule has 154 valence electrons. The van der Waals surface area contributed by atoms with E-state index in [-0.39, 0.29) is 11.9 Å². The van der Waals surface area contributed by atoms with Gasteiger partial charge in [-0.1, -0.05) is 46.6 Å². The maximum absolute atomic E-state index is 13.3. The molecule has 1 atom stereocenters. The Labute approximate surface area is 184 Å². The summed E-state index contributed by atoms with van der Waals surface area (Å²) in [5.41, 5.74) is 3.84. The smallest absolute Gasteiger partial charge is 0.257 e. The maximum atomic E-state index is 13.3. The van der Waals surface area contributed by atoms with Gasteiger partial charge in [0, 0.05) is 10.9 Å². The molecule has 6 nitrogen and oxygen atoms in total. The Kier molecular flexibility index (Phi) is 5.39. The third kappa shape index (κ3) is 3.91. The topological polar surface area (TPSA) is 64.6 Å². The first kappa shape index (κ1) is 19.5. The molecule has 2 aliphatic rings. The van der Waals surface area contributed by atoms with Crippen LogP contribution in [0.1, 0.15) is 43.1 Å². The molecule has 2 aromatic carbocycles. The predicted molar refractivity (Wildman–Crippen MR) is 121 cm³/mol. The van der Waals surface area contributed by atoms with E-state index in [1.54, 1.807) is 5.01 Å². The van der Waals surface area contributed by atoms with E-state index in [4.69, 9.17) is 10.1 Å². The van der Waals surface area contributed by atoms with Gasteiger partial charge in [-0.2, -0.15) is 5.10 Å². The van der Waals surface area contributed by atoms with Crippen molar-refractivity contribution in [1.82, 2.24) is 19.9 Å². The standard InChI is InChI=1S/C23H24BrN5O/c24-17-10-8-16(9-11-17)20-14-21(23-25-18-6-2-3-7-19(18)26-23)29(27-20)22(30)15-28-12-4-1-5-13-28/h2-3,6-11,21H,1,4-5,12-15H2,(H,25,26)/t21-/m0/s1. The van der Waals surface area contributed by atoms with E-state index in [1.807, 2.05) is 48.5 Å². The number of carbonyl (C=O) groups excluding carboxylic acids is 1. The number of hydrogen-bond acceptors (Lipinski definition) is 4. The van der Waals surface area contributed by atoms with Crippen LogP contribution >= 0.6 is 15.9 Å². The summed E-state index contributed by atoms with van der Waals surface area (Å²) in [7, 11) is 0. The number of para-hydroxylation sites is 2. The molecule has 2 aliphatic heterocycles. The molecule has 3 heterocycles. The van der Waals surface area contributed by atoms with Crippen LogP contribution in [0, 0.1) is 0 Å². The van der Waals surface area contributed by atoms with Gasteiger partial charge in [0.25, 0.3) is 5.91 Å². The number of piperidine rings is 1. The van der Waals surface area contributed by atoms with Crippen LogP contribution in [-0.2, 0) is 4.79 Å². The Morgan fingerprint density at radius 2 is 1.83 bits per heavy atom. The zero-order valence-electron chi connectivity index (χ0n) is 16.7. The molecule has 30 heavy (non-hydrogen) atoms. The Morgan fingerprint density at radius 3 is 2.60 bits per heavy atom. The van der Waals surface area contributed by atoms with Crippen LogP contribution in [0.5, 0.6) is 0 Å². The fraction of sp³-hybridized carbons (Fsp3) is 0.348. The molecule has 0 unspecified atom stereocenters. The molecular formula is C23H24BrN5O. The van der Waals surface area contributed by atoms with Crippen LogP contribution in [0.15, 0.2) is 58.1 Å². The number of aromatic amines is 1. The molecule has 1 aromatic heterocycles. The number of nitrogens with one attached hydrogen (secondary N) is 1. The molecule has 0 bridgehead atoms. The number of hydrazone groups is 1. The van der Waals surface area contributed by atoms with Crippen molar-refractivity contribution in [2.24, 2.45) is 5.10 Å². The molecule has 1 N–H and O–H groups in total. The SMILES string of the molecule is O=C(CN1CCCCC1)N1N=C(c2ccc(Br)cc2)C[C@H]1c1nc2ccccc2[nH]1. The second kappa shape index (κ2) is 8.32. The number of fused-ring (bicyclic) bond motifs is 1. The number of aromatic nitrogens is 2.